The molecule has 5 nitrogen and oxygen atoms in total. The van der Waals surface area contributed by atoms with Gasteiger partial charge >= 0.3 is 0 Å². The van der Waals surface area contributed by atoms with Crippen LogP contribution in [0, 0.1) is 0 Å². The standard InChI is InChI=1S/C17H23N3O2/c1-13-15-5-3-4-6-16(15)22-17(13)11-18-9-14-10-19-20(12-14)7-8-21-2/h3-6,10,12-13,17-18H,7-9,11H2,1-2H3/t13-,17-/m1/s1. The van der Waals surface area contributed by atoms with Gasteiger partial charge in [0.05, 0.1) is 19.3 Å². The topological polar surface area (TPSA) is 48.3 Å². The van der Waals surface area contributed by atoms with E-state index in [-0.39, 0.29) is 6.10 Å². The molecule has 0 fully saturated rings. The molecular formula is C17H23N3O2. The number of aromatic nitrogens is 2. The molecule has 2 heterocycles. The highest BCUT2D eigenvalue weighted by Crippen LogP contribution is 2.37. The molecule has 0 saturated carbocycles. The second-order valence-electron chi connectivity index (χ2n) is 5.72. The molecular weight excluding hydrogens is 278 g/mol. The van der Waals surface area contributed by atoms with Crippen LogP contribution in [0.1, 0.15) is 24.0 Å². The molecule has 1 aliphatic heterocycles. The summed E-state index contributed by atoms with van der Waals surface area (Å²) < 4.78 is 13.0. The van der Waals surface area contributed by atoms with Crippen molar-refractivity contribution in [2.45, 2.75) is 32.0 Å². The largest absolute Gasteiger partial charge is 0.488 e. The SMILES string of the molecule is COCCn1cc(CNC[C@H]2Oc3ccccc3[C@H]2C)cn1. The van der Waals surface area contributed by atoms with Crippen LogP contribution in [0.2, 0.25) is 0 Å². The molecule has 2 atom stereocenters. The van der Waals surface area contributed by atoms with Gasteiger partial charge in [-0.15, -0.1) is 0 Å². The van der Waals surface area contributed by atoms with E-state index in [1.54, 1.807) is 7.11 Å². The lowest BCUT2D eigenvalue weighted by molar-refractivity contribution is 0.183. The highest BCUT2D eigenvalue weighted by atomic mass is 16.5. The van der Waals surface area contributed by atoms with E-state index >= 15 is 0 Å². The molecule has 5 heteroatoms. The maximum Gasteiger partial charge on any atom is 0.123 e. The highest BCUT2D eigenvalue weighted by molar-refractivity contribution is 5.40. The van der Waals surface area contributed by atoms with Crippen LogP contribution in [0.25, 0.3) is 0 Å². The molecule has 22 heavy (non-hydrogen) atoms. The number of hydrogen-bond donors (Lipinski definition) is 1. The maximum atomic E-state index is 6.02. The molecule has 0 amide bonds. The molecule has 2 aromatic rings. The van der Waals surface area contributed by atoms with Gasteiger partial charge in [0.15, 0.2) is 0 Å². The first-order valence-corrected chi connectivity index (χ1v) is 7.74. The number of hydrogen-bond acceptors (Lipinski definition) is 4. The first-order valence-electron chi connectivity index (χ1n) is 7.74. The van der Waals surface area contributed by atoms with Crippen LogP contribution in [-0.2, 0) is 17.8 Å². The lowest BCUT2D eigenvalue weighted by Gasteiger charge is -2.15. The highest BCUT2D eigenvalue weighted by Gasteiger charge is 2.29. The number of nitrogens with zero attached hydrogens (tertiary/aromatic N) is 2. The van der Waals surface area contributed by atoms with E-state index < -0.39 is 0 Å². The molecule has 3 rings (SSSR count). The van der Waals surface area contributed by atoms with Gasteiger partial charge in [-0.25, -0.2) is 0 Å². The van der Waals surface area contributed by atoms with Gasteiger partial charge in [-0.1, -0.05) is 25.1 Å². The normalized spacial score (nSPS) is 19.9. The first-order chi connectivity index (χ1) is 10.8. The van der Waals surface area contributed by atoms with Crippen molar-refractivity contribution in [3.05, 3.63) is 47.8 Å². The number of ether oxygens (including phenoxy) is 2. The third-order valence-corrected chi connectivity index (χ3v) is 4.13. The minimum absolute atomic E-state index is 0.195. The second-order valence-corrected chi connectivity index (χ2v) is 5.72. The summed E-state index contributed by atoms with van der Waals surface area (Å²) in [6.07, 6.45) is 4.15. The summed E-state index contributed by atoms with van der Waals surface area (Å²) in [7, 11) is 1.70. The number of nitrogens with one attached hydrogen (secondary N) is 1. The molecule has 1 N–H and O–H groups in total. The van der Waals surface area contributed by atoms with E-state index in [1.165, 1.54) is 11.1 Å². The summed E-state index contributed by atoms with van der Waals surface area (Å²) >= 11 is 0. The van der Waals surface area contributed by atoms with Crippen molar-refractivity contribution in [2.24, 2.45) is 0 Å². The van der Waals surface area contributed by atoms with E-state index in [0.29, 0.717) is 12.5 Å². The lowest BCUT2D eigenvalue weighted by atomic mass is 9.98. The van der Waals surface area contributed by atoms with Crippen LogP contribution in [0.15, 0.2) is 36.7 Å². The summed E-state index contributed by atoms with van der Waals surface area (Å²) in [5.41, 5.74) is 2.49. The summed E-state index contributed by atoms with van der Waals surface area (Å²) in [4.78, 5) is 0. The molecule has 0 bridgehead atoms. The Balaban J connectivity index is 1.47. The first kappa shape index (κ1) is 15.1. The fraction of sp³-hybridized carbons (Fsp3) is 0.471. The Bertz CT molecular complexity index is 611. The number of benzene rings is 1. The van der Waals surface area contributed by atoms with Gasteiger partial charge in [-0.05, 0) is 6.07 Å². The van der Waals surface area contributed by atoms with Gasteiger partial charge in [0.25, 0.3) is 0 Å². The third-order valence-electron chi connectivity index (χ3n) is 4.13. The molecule has 1 aliphatic rings. The minimum Gasteiger partial charge on any atom is -0.488 e. The number of methoxy groups -OCH3 is 1. The van der Waals surface area contributed by atoms with Crippen molar-refractivity contribution < 1.29 is 9.47 Å². The Labute approximate surface area is 131 Å². The van der Waals surface area contributed by atoms with E-state index in [0.717, 1.165) is 25.4 Å². The molecule has 118 valence electrons. The van der Waals surface area contributed by atoms with Gasteiger partial charge in [0, 0.05) is 43.4 Å². The fourth-order valence-electron chi connectivity index (χ4n) is 2.81. The van der Waals surface area contributed by atoms with Crippen molar-refractivity contribution in [1.29, 1.82) is 0 Å². The smallest absolute Gasteiger partial charge is 0.123 e. The van der Waals surface area contributed by atoms with Crippen LogP contribution in [0.5, 0.6) is 5.75 Å². The monoisotopic (exact) mass is 301 g/mol. The third kappa shape index (κ3) is 3.31. The van der Waals surface area contributed by atoms with Gasteiger partial charge in [0.1, 0.15) is 11.9 Å². The lowest BCUT2D eigenvalue weighted by Crippen LogP contribution is -2.31. The zero-order valence-corrected chi connectivity index (χ0v) is 13.2. The molecule has 0 saturated heterocycles. The number of fused-ring (bicyclic) bond motifs is 1. The van der Waals surface area contributed by atoms with Crippen LogP contribution in [0.4, 0.5) is 0 Å². The molecule has 1 aromatic carbocycles. The molecule has 0 radical (unpaired) electrons. The van der Waals surface area contributed by atoms with Gasteiger partial charge in [0.2, 0.25) is 0 Å². The number of rotatable bonds is 7. The van der Waals surface area contributed by atoms with E-state index in [4.69, 9.17) is 9.47 Å². The Kier molecular flexibility index (Phi) is 4.75. The Morgan fingerprint density at radius 2 is 2.23 bits per heavy atom. The van der Waals surface area contributed by atoms with Gasteiger partial charge in [-0.3, -0.25) is 4.68 Å². The van der Waals surface area contributed by atoms with Crippen LogP contribution in [-0.4, -0.2) is 36.1 Å². The molecule has 0 spiro atoms. The van der Waals surface area contributed by atoms with E-state index in [9.17, 15) is 0 Å². The van der Waals surface area contributed by atoms with Crippen molar-refractivity contribution in [3.63, 3.8) is 0 Å². The molecule has 1 aromatic heterocycles. The van der Waals surface area contributed by atoms with E-state index in [1.807, 2.05) is 23.0 Å². The Hall–Kier alpha value is -1.85. The Morgan fingerprint density at radius 1 is 1.36 bits per heavy atom. The summed E-state index contributed by atoms with van der Waals surface area (Å²) in [5.74, 6) is 1.45. The molecule has 0 aliphatic carbocycles. The summed E-state index contributed by atoms with van der Waals surface area (Å²) in [6, 6.07) is 8.30. The summed E-state index contributed by atoms with van der Waals surface area (Å²) in [6.45, 7) is 5.32. The minimum atomic E-state index is 0.195. The van der Waals surface area contributed by atoms with E-state index in [2.05, 4.69) is 35.7 Å². The average Bonchev–Trinajstić information content (AvgIpc) is 3.11. The van der Waals surface area contributed by atoms with Crippen molar-refractivity contribution >= 4 is 0 Å². The van der Waals surface area contributed by atoms with Crippen LogP contribution >= 0.6 is 0 Å². The average molecular weight is 301 g/mol. The summed E-state index contributed by atoms with van der Waals surface area (Å²) in [5, 5.41) is 7.79. The predicted octanol–water partition coefficient (Wildman–Crippen LogP) is 2.18. The zero-order chi connectivity index (χ0) is 15.4. The predicted molar refractivity (Wildman–Crippen MR) is 85.1 cm³/mol. The van der Waals surface area contributed by atoms with Gasteiger partial charge < -0.3 is 14.8 Å². The molecule has 0 unspecified atom stereocenters. The fourth-order valence-corrected chi connectivity index (χ4v) is 2.81. The van der Waals surface area contributed by atoms with Crippen LogP contribution in [0.3, 0.4) is 0 Å². The second kappa shape index (κ2) is 6.94. The van der Waals surface area contributed by atoms with Crippen molar-refractivity contribution in [1.82, 2.24) is 15.1 Å². The zero-order valence-electron chi connectivity index (χ0n) is 13.2. The van der Waals surface area contributed by atoms with Crippen molar-refractivity contribution in [3.8, 4) is 5.75 Å². The Morgan fingerprint density at radius 3 is 3.05 bits per heavy atom. The maximum absolute atomic E-state index is 6.02. The van der Waals surface area contributed by atoms with Gasteiger partial charge in [-0.2, -0.15) is 5.10 Å². The van der Waals surface area contributed by atoms with Crippen molar-refractivity contribution in [2.75, 3.05) is 20.3 Å². The number of para-hydroxylation sites is 1. The van der Waals surface area contributed by atoms with Crippen LogP contribution < -0.4 is 10.1 Å². The quantitative estimate of drug-likeness (QED) is 0.851.